The summed E-state index contributed by atoms with van der Waals surface area (Å²) in [7, 11) is 1.79. The van der Waals surface area contributed by atoms with Crippen molar-refractivity contribution < 1.29 is 14.3 Å². The first kappa shape index (κ1) is 13.5. The summed E-state index contributed by atoms with van der Waals surface area (Å²) in [6.07, 6.45) is 0.843. The first-order valence-electron chi connectivity index (χ1n) is 6.00. The number of hydrogen-bond donors (Lipinski definition) is 0. The lowest BCUT2D eigenvalue weighted by Gasteiger charge is -2.16. The van der Waals surface area contributed by atoms with E-state index >= 15 is 0 Å². The number of likely N-dealkylation sites (N-methyl/N-ethyl adjacent to an activating group) is 1. The topological polar surface area (TPSA) is 46.6 Å². The maximum atomic E-state index is 11.5. The normalized spacial score (nSPS) is 10.4. The fourth-order valence-corrected chi connectivity index (χ4v) is 3.05. The van der Waals surface area contributed by atoms with Gasteiger partial charge in [-0.15, -0.1) is 11.3 Å². The first-order valence-corrected chi connectivity index (χ1v) is 6.82. The van der Waals surface area contributed by atoms with Gasteiger partial charge in [0.05, 0.1) is 12.2 Å². The average molecular weight is 277 g/mol. The van der Waals surface area contributed by atoms with Crippen LogP contribution < -0.4 is 4.90 Å². The van der Waals surface area contributed by atoms with Crippen LogP contribution in [0.25, 0.3) is 10.1 Å². The summed E-state index contributed by atoms with van der Waals surface area (Å²) in [5.41, 5.74) is 0.632. The molecule has 19 heavy (non-hydrogen) atoms. The van der Waals surface area contributed by atoms with Crippen molar-refractivity contribution in [2.24, 2.45) is 0 Å². The van der Waals surface area contributed by atoms with E-state index in [1.807, 2.05) is 24.3 Å². The maximum Gasteiger partial charge on any atom is 0.325 e. The van der Waals surface area contributed by atoms with Gasteiger partial charge in [-0.2, -0.15) is 0 Å². The Morgan fingerprint density at radius 1 is 1.42 bits per heavy atom. The van der Waals surface area contributed by atoms with Crippen molar-refractivity contribution in [3.8, 4) is 0 Å². The Kier molecular flexibility index (Phi) is 4.16. The van der Waals surface area contributed by atoms with Crippen LogP contribution in [-0.2, 0) is 9.53 Å². The molecule has 0 saturated heterocycles. The minimum atomic E-state index is -0.292. The molecule has 0 saturated carbocycles. The summed E-state index contributed by atoms with van der Waals surface area (Å²) in [5, 5.41) is 1.72. The minimum Gasteiger partial charge on any atom is -0.465 e. The number of aldehydes is 1. The van der Waals surface area contributed by atoms with Crippen molar-refractivity contribution in [3.63, 3.8) is 0 Å². The summed E-state index contributed by atoms with van der Waals surface area (Å²) in [5.74, 6) is -0.292. The van der Waals surface area contributed by atoms with Crippen molar-refractivity contribution in [2.75, 3.05) is 25.1 Å². The number of benzene rings is 1. The summed E-state index contributed by atoms with van der Waals surface area (Å²) in [4.78, 5) is 24.5. The van der Waals surface area contributed by atoms with Gasteiger partial charge in [0.25, 0.3) is 0 Å². The summed E-state index contributed by atoms with van der Waals surface area (Å²) in [6.45, 7) is 2.27. The van der Waals surface area contributed by atoms with Crippen LogP contribution in [0.1, 0.15) is 17.3 Å². The van der Waals surface area contributed by atoms with E-state index in [2.05, 4.69) is 0 Å². The lowest BCUT2D eigenvalue weighted by atomic mass is 10.2. The third-order valence-electron chi connectivity index (χ3n) is 2.75. The molecule has 2 aromatic rings. The number of anilines is 1. The fourth-order valence-electron chi connectivity index (χ4n) is 1.92. The van der Waals surface area contributed by atoms with Crippen LogP contribution >= 0.6 is 11.3 Å². The Balaban J connectivity index is 2.33. The van der Waals surface area contributed by atoms with E-state index in [4.69, 9.17) is 4.74 Å². The van der Waals surface area contributed by atoms with Gasteiger partial charge in [0.2, 0.25) is 0 Å². The Morgan fingerprint density at radius 2 is 2.16 bits per heavy atom. The Hall–Kier alpha value is -1.88. The lowest BCUT2D eigenvalue weighted by Crippen LogP contribution is -2.27. The highest BCUT2D eigenvalue weighted by molar-refractivity contribution is 7.23. The van der Waals surface area contributed by atoms with Gasteiger partial charge in [-0.3, -0.25) is 9.59 Å². The van der Waals surface area contributed by atoms with E-state index in [0.29, 0.717) is 12.2 Å². The number of ether oxygens (including phenoxy) is 1. The first-order chi connectivity index (χ1) is 9.17. The predicted octanol–water partition coefficient (Wildman–Crippen LogP) is 2.71. The van der Waals surface area contributed by atoms with E-state index in [-0.39, 0.29) is 12.5 Å². The molecule has 1 aromatic heterocycles. The van der Waals surface area contributed by atoms with Crippen LogP contribution in [0, 0.1) is 0 Å². The number of hydrogen-bond acceptors (Lipinski definition) is 5. The van der Waals surface area contributed by atoms with Crippen LogP contribution in [0.5, 0.6) is 0 Å². The Bertz CT molecular complexity index is 606. The SMILES string of the molecule is CCOC(=O)CN(C)c1sc2ccccc2c1C=O. The summed E-state index contributed by atoms with van der Waals surface area (Å²) in [6, 6.07) is 7.71. The Morgan fingerprint density at radius 3 is 2.84 bits per heavy atom. The quantitative estimate of drug-likeness (QED) is 0.623. The molecule has 0 atom stereocenters. The smallest absolute Gasteiger partial charge is 0.325 e. The second kappa shape index (κ2) is 5.84. The van der Waals surface area contributed by atoms with Crippen LogP contribution in [0.4, 0.5) is 5.00 Å². The minimum absolute atomic E-state index is 0.140. The van der Waals surface area contributed by atoms with Crippen LogP contribution in [0.3, 0.4) is 0 Å². The van der Waals surface area contributed by atoms with Crippen molar-refractivity contribution in [3.05, 3.63) is 29.8 Å². The van der Waals surface area contributed by atoms with Gasteiger partial charge in [-0.25, -0.2) is 0 Å². The zero-order valence-corrected chi connectivity index (χ0v) is 11.7. The average Bonchev–Trinajstić information content (AvgIpc) is 2.77. The van der Waals surface area contributed by atoms with Gasteiger partial charge in [-0.1, -0.05) is 18.2 Å². The summed E-state index contributed by atoms with van der Waals surface area (Å²) >= 11 is 1.50. The lowest BCUT2D eigenvalue weighted by molar-refractivity contribution is -0.141. The van der Waals surface area contributed by atoms with Crippen LogP contribution in [0.15, 0.2) is 24.3 Å². The molecule has 0 radical (unpaired) electrons. The molecular formula is C14H15NO3S. The number of thiophene rings is 1. The fraction of sp³-hybridized carbons (Fsp3) is 0.286. The second-order valence-corrected chi connectivity index (χ2v) is 5.13. The van der Waals surface area contributed by atoms with E-state index in [0.717, 1.165) is 21.4 Å². The Labute approximate surface area is 115 Å². The van der Waals surface area contributed by atoms with Gasteiger partial charge in [-0.05, 0) is 13.0 Å². The molecule has 0 amide bonds. The molecule has 0 unspecified atom stereocenters. The molecule has 2 rings (SSSR count). The highest BCUT2D eigenvalue weighted by atomic mass is 32.1. The standard InChI is InChI=1S/C14H15NO3S/c1-3-18-13(17)8-15(2)14-11(9-16)10-6-4-5-7-12(10)19-14/h4-7,9H,3,8H2,1-2H3. The molecule has 0 spiro atoms. The number of esters is 1. The third kappa shape index (κ3) is 2.76. The molecule has 0 aliphatic heterocycles. The number of fused-ring (bicyclic) bond motifs is 1. The van der Waals surface area contributed by atoms with Crippen molar-refractivity contribution in [1.82, 2.24) is 0 Å². The van der Waals surface area contributed by atoms with E-state index in [1.54, 1.807) is 18.9 Å². The van der Waals surface area contributed by atoms with Gasteiger partial charge in [0.15, 0.2) is 6.29 Å². The van der Waals surface area contributed by atoms with Gasteiger partial charge < -0.3 is 9.64 Å². The van der Waals surface area contributed by atoms with Gasteiger partial charge in [0, 0.05) is 17.1 Å². The molecule has 1 aromatic carbocycles. The highest BCUT2D eigenvalue weighted by Gasteiger charge is 2.17. The highest BCUT2D eigenvalue weighted by Crippen LogP contribution is 2.36. The van der Waals surface area contributed by atoms with Crippen molar-refractivity contribution in [2.45, 2.75) is 6.92 Å². The predicted molar refractivity (Wildman–Crippen MR) is 77.1 cm³/mol. The molecule has 4 nitrogen and oxygen atoms in total. The van der Waals surface area contributed by atoms with Crippen LogP contribution in [0.2, 0.25) is 0 Å². The van der Waals surface area contributed by atoms with E-state index in [9.17, 15) is 9.59 Å². The molecule has 0 aliphatic carbocycles. The molecule has 0 bridgehead atoms. The third-order valence-corrected chi connectivity index (χ3v) is 4.05. The van der Waals surface area contributed by atoms with E-state index < -0.39 is 0 Å². The number of rotatable bonds is 5. The maximum absolute atomic E-state index is 11.5. The second-order valence-electron chi connectivity index (χ2n) is 4.10. The summed E-state index contributed by atoms with van der Waals surface area (Å²) < 4.78 is 5.95. The van der Waals surface area contributed by atoms with Gasteiger partial charge in [0.1, 0.15) is 11.5 Å². The number of carbonyl (C=O) groups is 2. The molecule has 0 fully saturated rings. The molecule has 0 aliphatic rings. The van der Waals surface area contributed by atoms with Crippen molar-refractivity contribution >= 4 is 38.7 Å². The number of carbonyl (C=O) groups excluding carboxylic acids is 2. The zero-order valence-electron chi connectivity index (χ0n) is 10.9. The number of nitrogens with zero attached hydrogens (tertiary/aromatic N) is 1. The molecular weight excluding hydrogens is 262 g/mol. The molecule has 0 N–H and O–H groups in total. The molecule has 100 valence electrons. The molecule has 5 heteroatoms. The van der Waals surface area contributed by atoms with E-state index in [1.165, 1.54) is 11.3 Å². The monoisotopic (exact) mass is 277 g/mol. The zero-order chi connectivity index (χ0) is 13.8. The van der Waals surface area contributed by atoms with Gasteiger partial charge >= 0.3 is 5.97 Å². The molecule has 1 heterocycles. The largest absolute Gasteiger partial charge is 0.465 e. The van der Waals surface area contributed by atoms with Crippen molar-refractivity contribution in [1.29, 1.82) is 0 Å². The van der Waals surface area contributed by atoms with Crippen LogP contribution in [-0.4, -0.2) is 32.5 Å².